The molecule has 0 bridgehead atoms. The number of ether oxygens (including phenoxy) is 1. The van der Waals surface area contributed by atoms with Crippen molar-refractivity contribution in [1.82, 2.24) is 15.1 Å². The molecule has 1 N–H and O–H groups in total. The summed E-state index contributed by atoms with van der Waals surface area (Å²) in [6, 6.07) is 12.3. The predicted octanol–water partition coefficient (Wildman–Crippen LogP) is 3.34. The Bertz CT molecular complexity index is 538. The molecule has 0 spiro atoms. The molecule has 1 atom stereocenters. The highest BCUT2D eigenvalue weighted by molar-refractivity contribution is 5.33. The molecule has 1 aromatic heterocycles. The Morgan fingerprint density at radius 1 is 1.19 bits per heavy atom. The summed E-state index contributed by atoms with van der Waals surface area (Å²) >= 11 is 0. The molecule has 1 heterocycles. The third-order valence-corrected chi connectivity index (χ3v) is 4.39. The molecule has 0 aliphatic rings. The van der Waals surface area contributed by atoms with Crippen LogP contribution in [0, 0.1) is 0 Å². The molecule has 0 saturated heterocycles. The van der Waals surface area contributed by atoms with Crippen molar-refractivity contribution in [2.45, 2.75) is 38.3 Å². The Kier molecular flexibility index (Phi) is 5.15. The number of nitrogens with one attached hydrogen (secondary N) is 1. The van der Waals surface area contributed by atoms with Gasteiger partial charge in [-0.25, -0.2) is 4.68 Å². The molecule has 21 heavy (non-hydrogen) atoms. The first-order chi connectivity index (χ1) is 10.2. The molecule has 2 aromatic rings. The van der Waals surface area contributed by atoms with E-state index in [1.54, 1.807) is 7.11 Å². The van der Waals surface area contributed by atoms with Gasteiger partial charge in [0.2, 0.25) is 0 Å². The lowest BCUT2D eigenvalue weighted by Crippen LogP contribution is -2.44. The Hall–Kier alpha value is -1.65. The minimum atomic E-state index is -0.235. The molecule has 1 aromatic carbocycles. The zero-order valence-electron chi connectivity index (χ0n) is 13.3. The zero-order valence-corrected chi connectivity index (χ0v) is 13.3. The summed E-state index contributed by atoms with van der Waals surface area (Å²) in [7, 11) is 3.77. The number of rotatable bonds is 7. The second-order valence-electron chi connectivity index (χ2n) is 5.20. The third-order valence-electron chi connectivity index (χ3n) is 4.39. The van der Waals surface area contributed by atoms with Crippen molar-refractivity contribution in [3.8, 4) is 5.69 Å². The first kappa shape index (κ1) is 15.7. The van der Waals surface area contributed by atoms with Crippen LogP contribution >= 0.6 is 0 Å². The van der Waals surface area contributed by atoms with E-state index in [-0.39, 0.29) is 11.6 Å². The Balaban J connectivity index is 2.47. The van der Waals surface area contributed by atoms with Gasteiger partial charge in [0.25, 0.3) is 0 Å². The van der Waals surface area contributed by atoms with Crippen LogP contribution in [0.15, 0.2) is 42.6 Å². The van der Waals surface area contributed by atoms with Crippen LogP contribution < -0.4 is 5.32 Å². The zero-order chi connectivity index (χ0) is 15.3. The molecule has 0 aliphatic heterocycles. The summed E-state index contributed by atoms with van der Waals surface area (Å²) in [5, 5.41) is 7.92. The van der Waals surface area contributed by atoms with Gasteiger partial charge in [0.05, 0.1) is 23.0 Å². The Labute approximate surface area is 127 Å². The van der Waals surface area contributed by atoms with Gasteiger partial charge in [0.1, 0.15) is 0 Å². The lowest BCUT2D eigenvalue weighted by Gasteiger charge is -2.38. The van der Waals surface area contributed by atoms with Crippen LogP contribution in [0.1, 0.15) is 38.4 Å². The molecule has 0 amide bonds. The van der Waals surface area contributed by atoms with Gasteiger partial charge in [-0.05, 0) is 38.1 Å². The molecule has 0 radical (unpaired) electrons. The molecule has 0 aliphatic carbocycles. The number of hydrogen-bond donors (Lipinski definition) is 1. The second kappa shape index (κ2) is 6.87. The SMILES string of the molecule is CCC(CC)(OC)C(NC)c1ccnn1-c1ccccc1. The summed E-state index contributed by atoms with van der Waals surface area (Å²) in [6.07, 6.45) is 3.72. The van der Waals surface area contributed by atoms with Gasteiger partial charge in [0.15, 0.2) is 0 Å². The van der Waals surface area contributed by atoms with E-state index in [0.717, 1.165) is 24.2 Å². The minimum Gasteiger partial charge on any atom is -0.376 e. The fourth-order valence-corrected chi connectivity index (χ4v) is 3.06. The molecule has 4 heteroatoms. The standard InChI is InChI=1S/C17H25N3O/c1-5-17(6-2,21-4)16(18-3)15-12-13-19-20(15)14-10-8-7-9-11-14/h7-13,16,18H,5-6H2,1-4H3. The lowest BCUT2D eigenvalue weighted by atomic mass is 9.86. The van der Waals surface area contributed by atoms with Crippen molar-refractivity contribution in [1.29, 1.82) is 0 Å². The van der Waals surface area contributed by atoms with Gasteiger partial charge < -0.3 is 10.1 Å². The van der Waals surface area contributed by atoms with Crippen LogP contribution in [0.3, 0.4) is 0 Å². The quantitative estimate of drug-likeness (QED) is 0.849. The number of para-hydroxylation sites is 1. The van der Waals surface area contributed by atoms with Crippen LogP contribution in [0.25, 0.3) is 5.69 Å². The molecule has 0 fully saturated rings. The van der Waals surface area contributed by atoms with E-state index in [4.69, 9.17) is 4.74 Å². The highest BCUT2D eigenvalue weighted by Crippen LogP contribution is 2.35. The smallest absolute Gasteiger partial charge is 0.0882 e. The van der Waals surface area contributed by atoms with Crippen LogP contribution in [0.5, 0.6) is 0 Å². The van der Waals surface area contributed by atoms with Gasteiger partial charge in [-0.1, -0.05) is 32.0 Å². The molecule has 4 nitrogen and oxygen atoms in total. The summed E-state index contributed by atoms with van der Waals surface area (Å²) in [6.45, 7) is 4.33. The average Bonchev–Trinajstić information content (AvgIpc) is 3.02. The topological polar surface area (TPSA) is 39.1 Å². The number of methoxy groups -OCH3 is 1. The highest BCUT2D eigenvalue weighted by Gasteiger charge is 2.37. The van der Waals surface area contributed by atoms with Crippen LogP contribution in [-0.2, 0) is 4.74 Å². The molecule has 1 unspecified atom stereocenters. The first-order valence-corrected chi connectivity index (χ1v) is 7.54. The van der Waals surface area contributed by atoms with Crippen molar-refractivity contribution >= 4 is 0 Å². The van der Waals surface area contributed by atoms with E-state index in [1.165, 1.54) is 0 Å². The van der Waals surface area contributed by atoms with Crippen molar-refractivity contribution in [2.24, 2.45) is 0 Å². The minimum absolute atomic E-state index is 0.0835. The van der Waals surface area contributed by atoms with Gasteiger partial charge in [-0.2, -0.15) is 5.10 Å². The Morgan fingerprint density at radius 2 is 1.86 bits per heavy atom. The summed E-state index contributed by atoms with van der Waals surface area (Å²) in [5.41, 5.74) is 1.95. The predicted molar refractivity (Wildman–Crippen MR) is 85.7 cm³/mol. The van der Waals surface area contributed by atoms with Crippen LogP contribution in [-0.4, -0.2) is 29.5 Å². The van der Waals surface area contributed by atoms with Crippen molar-refractivity contribution in [3.05, 3.63) is 48.3 Å². The Morgan fingerprint density at radius 3 is 2.38 bits per heavy atom. The molecular weight excluding hydrogens is 262 g/mol. The number of aromatic nitrogens is 2. The molecular formula is C17H25N3O. The van der Waals surface area contributed by atoms with Crippen LogP contribution in [0.2, 0.25) is 0 Å². The van der Waals surface area contributed by atoms with Crippen molar-refractivity contribution < 1.29 is 4.74 Å². The van der Waals surface area contributed by atoms with Gasteiger partial charge in [-0.3, -0.25) is 0 Å². The van der Waals surface area contributed by atoms with Gasteiger partial charge in [0, 0.05) is 13.3 Å². The van der Waals surface area contributed by atoms with E-state index in [2.05, 4.69) is 42.5 Å². The van der Waals surface area contributed by atoms with E-state index in [1.807, 2.05) is 36.1 Å². The fraction of sp³-hybridized carbons (Fsp3) is 0.471. The lowest BCUT2D eigenvalue weighted by molar-refractivity contribution is -0.0483. The first-order valence-electron chi connectivity index (χ1n) is 7.54. The summed E-state index contributed by atoms with van der Waals surface area (Å²) in [5.74, 6) is 0. The highest BCUT2D eigenvalue weighted by atomic mass is 16.5. The van der Waals surface area contributed by atoms with E-state index >= 15 is 0 Å². The number of likely N-dealkylation sites (N-methyl/N-ethyl adjacent to an activating group) is 1. The maximum absolute atomic E-state index is 5.90. The molecule has 2 rings (SSSR count). The summed E-state index contributed by atoms with van der Waals surface area (Å²) < 4.78 is 7.89. The number of nitrogens with zero attached hydrogens (tertiary/aromatic N) is 2. The maximum Gasteiger partial charge on any atom is 0.0882 e. The van der Waals surface area contributed by atoms with E-state index in [0.29, 0.717) is 0 Å². The number of hydrogen-bond acceptors (Lipinski definition) is 3. The van der Waals surface area contributed by atoms with Crippen molar-refractivity contribution in [3.63, 3.8) is 0 Å². The summed E-state index contributed by atoms with van der Waals surface area (Å²) in [4.78, 5) is 0. The largest absolute Gasteiger partial charge is 0.376 e. The van der Waals surface area contributed by atoms with Gasteiger partial charge >= 0.3 is 0 Å². The van der Waals surface area contributed by atoms with E-state index in [9.17, 15) is 0 Å². The van der Waals surface area contributed by atoms with Gasteiger partial charge in [-0.15, -0.1) is 0 Å². The molecule has 114 valence electrons. The third kappa shape index (κ3) is 2.87. The fourth-order valence-electron chi connectivity index (χ4n) is 3.06. The monoisotopic (exact) mass is 287 g/mol. The van der Waals surface area contributed by atoms with Crippen LogP contribution in [0.4, 0.5) is 0 Å². The number of benzene rings is 1. The maximum atomic E-state index is 5.90. The normalized spacial score (nSPS) is 13.3. The van der Waals surface area contributed by atoms with E-state index < -0.39 is 0 Å². The average molecular weight is 287 g/mol. The molecule has 0 saturated carbocycles. The van der Waals surface area contributed by atoms with Crippen molar-refractivity contribution in [2.75, 3.05) is 14.2 Å². The second-order valence-corrected chi connectivity index (χ2v) is 5.20.